The highest BCUT2D eigenvalue weighted by atomic mass is 32.2. The van der Waals surface area contributed by atoms with Crippen LogP contribution in [-0.2, 0) is 22.6 Å². The summed E-state index contributed by atoms with van der Waals surface area (Å²) in [6.45, 7) is 2.64. The van der Waals surface area contributed by atoms with Gasteiger partial charge < -0.3 is 19.1 Å². The van der Waals surface area contributed by atoms with Gasteiger partial charge in [0.05, 0.1) is 23.7 Å². The van der Waals surface area contributed by atoms with Crippen molar-refractivity contribution in [2.45, 2.75) is 30.7 Å². The van der Waals surface area contributed by atoms with E-state index in [1.54, 1.807) is 6.07 Å². The van der Waals surface area contributed by atoms with Gasteiger partial charge >= 0.3 is 0 Å². The SMILES string of the molecule is CC1(OCc2ccccc2)C=Cc2[nH]c(-c3ccc(-c4nnc(SCC(=O)N=O)[nH]4)o3)cc2C1. The number of benzene rings is 1. The van der Waals surface area contributed by atoms with Crippen molar-refractivity contribution in [3.8, 4) is 23.0 Å². The minimum Gasteiger partial charge on any atom is -0.451 e. The van der Waals surface area contributed by atoms with E-state index < -0.39 is 11.5 Å². The largest absolute Gasteiger partial charge is 0.451 e. The molecule has 1 atom stereocenters. The van der Waals surface area contributed by atoms with E-state index in [0.29, 0.717) is 29.1 Å². The third-order valence-corrected chi connectivity index (χ3v) is 6.34. The summed E-state index contributed by atoms with van der Waals surface area (Å²) in [6, 6.07) is 15.9. The molecule has 3 heterocycles. The van der Waals surface area contributed by atoms with E-state index in [1.165, 1.54) is 0 Å². The molecule has 1 aliphatic rings. The molecular formula is C24H21N5O4S. The van der Waals surface area contributed by atoms with E-state index in [2.05, 4.69) is 56.5 Å². The second-order valence-corrected chi connectivity index (χ2v) is 9.10. The molecule has 10 heteroatoms. The number of fused-ring (bicyclic) bond motifs is 1. The Hall–Kier alpha value is -3.76. The number of nitrogens with zero attached hydrogens (tertiary/aromatic N) is 3. The summed E-state index contributed by atoms with van der Waals surface area (Å²) < 4.78 is 12.2. The van der Waals surface area contributed by atoms with Crippen molar-refractivity contribution in [1.82, 2.24) is 20.2 Å². The van der Waals surface area contributed by atoms with Gasteiger partial charge in [0.15, 0.2) is 22.5 Å². The van der Waals surface area contributed by atoms with Crippen LogP contribution in [0.1, 0.15) is 23.7 Å². The number of furan rings is 1. The third kappa shape index (κ3) is 4.78. The smallest absolute Gasteiger partial charge is 0.296 e. The van der Waals surface area contributed by atoms with Gasteiger partial charge in [0.1, 0.15) is 0 Å². The normalized spacial score (nSPS) is 17.0. The number of ether oxygens (including phenoxy) is 1. The number of carbonyl (C=O) groups excluding carboxylic acids is 1. The van der Waals surface area contributed by atoms with Crippen molar-refractivity contribution in [3.05, 3.63) is 76.3 Å². The van der Waals surface area contributed by atoms with Gasteiger partial charge in [-0.25, -0.2) is 0 Å². The molecule has 1 aromatic carbocycles. The van der Waals surface area contributed by atoms with Crippen LogP contribution in [0.15, 0.2) is 69.4 Å². The van der Waals surface area contributed by atoms with Crippen LogP contribution in [0.3, 0.4) is 0 Å². The van der Waals surface area contributed by atoms with Gasteiger partial charge in [0.25, 0.3) is 5.91 Å². The van der Waals surface area contributed by atoms with Gasteiger partial charge in [0.2, 0.25) is 0 Å². The molecule has 1 amide bonds. The predicted molar refractivity (Wildman–Crippen MR) is 128 cm³/mol. The minimum atomic E-state index is -0.755. The standard InChI is InChI=1S/C24H21N5O4S/c1-24(32-13-15-5-3-2-4-6-15)10-9-17-16(12-24)11-18(25-17)19-7-8-20(33-19)22-26-23(28-27-22)34-14-21(30)29-31/h2-11,25H,12-14H2,1H3,(H,26,27,28). The second kappa shape index (κ2) is 9.24. The Bertz CT molecular complexity index is 1360. The van der Waals surface area contributed by atoms with Crippen molar-refractivity contribution >= 4 is 23.7 Å². The molecule has 34 heavy (non-hydrogen) atoms. The molecular weight excluding hydrogens is 454 g/mol. The van der Waals surface area contributed by atoms with E-state index in [4.69, 9.17) is 9.15 Å². The number of thioether (sulfide) groups is 1. The van der Waals surface area contributed by atoms with Gasteiger partial charge in [-0.15, -0.1) is 15.1 Å². The number of rotatable bonds is 8. The quantitative estimate of drug-likeness (QED) is 0.271. The lowest BCUT2D eigenvalue weighted by Gasteiger charge is -2.29. The molecule has 0 spiro atoms. The average Bonchev–Trinajstić information content (AvgIpc) is 3.60. The topological polar surface area (TPSA) is 126 Å². The first kappa shape index (κ1) is 22.1. The van der Waals surface area contributed by atoms with Gasteiger partial charge in [-0.2, -0.15) is 0 Å². The summed E-state index contributed by atoms with van der Waals surface area (Å²) in [5.41, 5.74) is 3.77. The fourth-order valence-corrected chi connectivity index (χ4v) is 4.33. The highest BCUT2D eigenvalue weighted by Crippen LogP contribution is 2.34. The number of nitrogens with one attached hydrogen (secondary N) is 2. The molecule has 0 saturated heterocycles. The van der Waals surface area contributed by atoms with Crippen LogP contribution in [0, 0.1) is 4.91 Å². The summed E-state index contributed by atoms with van der Waals surface area (Å²) in [5.74, 6) is 0.744. The monoisotopic (exact) mass is 475 g/mol. The Morgan fingerprint density at radius 3 is 2.82 bits per heavy atom. The van der Waals surface area contributed by atoms with Gasteiger partial charge in [-0.3, -0.25) is 4.79 Å². The van der Waals surface area contributed by atoms with Crippen molar-refractivity contribution in [2.24, 2.45) is 5.18 Å². The molecule has 3 aromatic heterocycles. The van der Waals surface area contributed by atoms with E-state index >= 15 is 0 Å². The lowest BCUT2D eigenvalue weighted by Crippen LogP contribution is -2.30. The Morgan fingerprint density at radius 2 is 2.00 bits per heavy atom. The lowest BCUT2D eigenvalue weighted by atomic mass is 9.90. The maximum Gasteiger partial charge on any atom is 0.296 e. The fourth-order valence-electron chi connectivity index (χ4n) is 3.75. The van der Waals surface area contributed by atoms with Crippen molar-refractivity contribution in [1.29, 1.82) is 0 Å². The number of H-pyrrole nitrogens is 2. The third-order valence-electron chi connectivity index (χ3n) is 5.49. The molecule has 9 nitrogen and oxygen atoms in total. The zero-order chi connectivity index (χ0) is 23.5. The van der Waals surface area contributed by atoms with Gasteiger partial charge in [-0.1, -0.05) is 48.2 Å². The van der Waals surface area contributed by atoms with Crippen LogP contribution in [0.25, 0.3) is 29.1 Å². The first-order valence-electron chi connectivity index (χ1n) is 10.6. The highest BCUT2D eigenvalue weighted by Gasteiger charge is 2.28. The van der Waals surface area contributed by atoms with Crippen molar-refractivity contribution in [2.75, 3.05) is 5.75 Å². The van der Waals surface area contributed by atoms with E-state index in [0.717, 1.165) is 40.7 Å². The first-order chi connectivity index (χ1) is 16.5. The van der Waals surface area contributed by atoms with Crippen LogP contribution in [0.5, 0.6) is 0 Å². The van der Waals surface area contributed by atoms with Crippen LogP contribution in [0.2, 0.25) is 0 Å². The van der Waals surface area contributed by atoms with Crippen molar-refractivity contribution in [3.63, 3.8) is 0 Å². The van der Waals surface area contributed by atoms with Crippen LogP contribution in [-0.4, -0.2) is 37.4 Å². The van der Waals surface area contributed by atoms with E-state index in [-0.39, 0.29) is 5.75 Å². The molecule has 0 radical (unpaired) electrons. The molecule has 0 bridgehead atoms. The molecule has 2 N–H and O–H groups in total. The summed E-state index contributed by atoms with van der Waals surface area (Å²) in [6.07, 6.45) is 4.88. The average molecular weight is 476 g/mol. The number of hydrogen-bond donors (Lipinski definition) is 2. The molecule has 0 saturated carbocycles. The molecule has 0 fully saturated rings. The second-order valence-electron chi connectivity index (χ2n) is 8.14. The van der Waals surface area contributed by atoms with Crippen LogP contribution >= 0.6 is 11.8 Å². The molecule has 0 aliphatic heterocycles. The first-order valence-corrected chi connectivity index (χ1v) is 11.6. The molecule has 5 rings (SSSR count). The Morgan fingerprint density at radius 1 is 1.18 bits per heavy atom. The van der Waals surface area contributed by atoms with Gasteiger partial charge in [-0.05, 0) is 42.3 Å². The molecule has 4 aromatic rings. The fraction of sp³-hybridized carbons (Fsp3) is 0.208. The zero-order valence-electron chi connectivity index (χ0n) is 18.3. The Kier molecular flexibility index (Phi) is 5.99. The number of aromatic amines is 2. The minimum absolute atomic E-state index is 0.100. The van der Waals surface area contributed by atoms with Gasteiger partial charge in [0, 0.05) is 17.3 Å². The molecule has 1 unspecified atom stereocenters. The number of nitroso groups, excluding NO2 is 1. The van der Waals surface area contributed by atoms with E-state index in [9.17, 15) is 9.70 Å². The maximum atomic E-state index is 11.1. The van der Waals surface area contributed by atoms with Crippen molar-refractivity contribution < 1.29 is 13.9 Å². The summed E-state index contributed by atoms with van der Waals surface area (Å²) >= 11 is 1.05. The maximum absolute atomic E-state index is 11.1. The molecule has 172 valence electrons. The number of amides is 1. The van der Waals surface area contributed by atoms with Crippen LogP contribution in [0.4, 0.5) is 0 Å². The lowest BCUT2D eigenvalue weighted by molar-refractivity contribution is -0.115. The summed E-state index contributed by atoms with van der Waals surface area (Å²) in [4.78, 5) is 27.6. The molecule has 1 aliphatic carbocycles. The Labute approximate surface area is 199 Å². The Balaban J connectivity index is 1.27. The highest BCUT2D eigenvalue weighted by molar-refractivity contribution is 7.99. The number of hydrogen-bond acceptors (Lipinski definition) is 7. The number of aromatic nitrogens is 4. The van der Waals surface area contributed by atoms with E-state index in [1.807, 2.05) is 30.3 Å². The summed E-state index contributed by atoms with van der Waals surface area (Å²) in [5, 5.41) is 10.8. The number of carbonyl (C=O) groups is 1. The summed E-state index contributed by atoms with van der Waals surface area (Å²) in [7, 11) is 0. The van der Waals surface area contributed by atoms with Crippen LogP contribution < -0.4 is 0 Å². The zero-order valence-corrected chi connectivity index (χ0v) is 19.1. The predicted octanol–water partition coefficient (Wildman–Crippen LogP) is 4.99.